The zero-order valence-electron chi connectivity index (χ0n) is 16.6. The van der Waals surface area contributed by atoms with Crippen LogP contribution in [0, 0.1) is 0 Å². The summed E-state index contributed by atoms with van der Waals surface area (Å²) in [5, 5.41) is 16.2. The number of piperidine rings is 1. The SMILES string of the molecule is COc1nc2ccc(Br)cc2cc1C(c1ccc(SC)cc1)C1(O)CCNCC1. The van der Waals surface area contributed by atoms with Gasteiger partial charge in [-0.1, -0.05) is 28.1 Å². The molecule has 1 saturated heterocycles. The van der Waals surface area contributed by atoms with Gasteiger partial charge in [0.2, 0.25) is 5.88 Å². The number of fused-ring (bicyclic) bond motifs is 1. The van der Waals surface area contributed by atoms with Gasteiger partial charge >= 0.3 is 0 Å². The molecule has 1 aliphatic heterocycles. The van der Waals surface area contributed by atoms with E-state index in [1.54, 1.807) is 18.9 Å². The van der Waals surface area contributed by atoms with Crippen LogP contribution in [0.15, 0.2) is 57.9 Å². The lowest BCUT2D eigenvalue weighted by Crippen LogP contribution is -2.46. The van der Waals surface area contributed by atoms with Crippen molar-refractivity contribution in [3.05, 3.63) is 64.1 Å². The Kier molecular flexibility index (Phi) is 6.16. The summed E-state index contributed by atoms with van der Waals surface area (Å²) in [5.74, 6) is 0.358. The molecule has 4 rings (SSSR count). The number of halogens is 1. The first-order chi connectivity index (χ1) is 14.0. The number of nitrogens with one attached hydrogen (secondary N) is 1. The largest absolute Gasteiger partial charge is 0.481 e. The smallest absolute Gasteiger partial charge is 0.217 e. The summed E-state index contributed by atoms with van der Waals surface area (Å²) in [7, 11) is 1.65. The third kappa shape index (κ3) is 4.17. The number of benzene rings is 2. The minimum atomic E-state index is -0.860. The fraction of sp³-hybridized carbons (Fsp3) is 0.348. The van der Waals surface area contributed by atoms with Crippen LogP contribution in [-0.2, 0) is 0 Å². The van der Waals surface area contributed by atoms with Crippen molar-refractivity contribution in [2.45, 2.75) is 29.3 Å². The van der Waals surface area contributed by atoms with E-state index in [0.29, 0.717) is 18.7 Å². The Morgan fingerprint density at radius 3 is 2.52 bits per heavy atom. The summed E-state index contributed by atoms with van der Waals surface area (Å²) in [6.45, 7) is 1.59. The van der Waals surface area contributed by atoms with E-state index in [4.69, 9.17) is 9.72 Å². The highest BCUT2D eigenvalue weighted by Crippen LogP contribution is 2.44. The van der Waals surface area contributed by atoms with Gasteiger partial charge in [0.1, 0.15) is 0 Å². The second-order valence-corrected chi connectivity index (χ2v) is 9.28. The minimum Gasteiger partial charge on any atom is -0.481 e. The van der Waals surface area contributed by atoms with Gasteiger partial charge in [-0.3, -0.25) is 0 Å². The Morgan fingerprint density at radius 2 is 1.86 bits per heavy atom. The summed E-state index contributed by atoms with van der Waals surface area (Å²) in [6, 6.07) is 16.6. The Balaban J connectivity index is 1.92. The van der Waals surface area contributed by atoms with Gasteiger partial charge < -0.3 is 15.2 Å². The maximum absolute atomic E-state index is 11.8. The van der Waals surface area contributed by atoms with E-state index in [2.05, 4.69) is 63.9 Å². The number of pyridine rings is 1. The minimum absolute atomic E-state index is 0.216. The Hall–Kier alpha value is -1.60. The molecular formula is C23H25BrN2O2S. The number of nitrogens with zero attached hydrogens (tertiary/aromatic N) is 1. The lowest BCUT2D eigenvalue weighted by Gasteiger charge is -2.40. The van der Waals surface area contributed by atoms with Crippen molar-refractivity contribution in [2.24, 2.45) is 0 Å². The normalized spacial score (nSPS) is 17.2. The van der Waals surface area contributed by atoms with E-state index in [9.17, 15) is 5.11 Å². The summed E-state index contributed by atoms with van der Waals surface area (Å²) < 4.78 is 6.72. The first kappa shape index (κ1) is 20.7. The maximum atomic E-state index is 11.8. The monoisotopic (exact) mass is 472 g/mol. The number of thioether (sulfide) groups is 1. The standard InChI is InChI=1S/C23H25BrN2O2S/c1-28-22-19(14-16-13-17(24)5-8-20(16)26-22)21(23(27)9-11-25-12-10-23)15-3-6-18(29-2)7-4-15/h3-8,13-14,21,25,27H,9-12H2,1-2H3. The van der Waals surface area contributed by atoms with Crippen LogP contribution in [-0.4, -0.2) is 42.1 Å². The van der Waals surface area contributed by atoms with E-state index in [-0.39, 0.29) is 5.92 Å². The molecule has 2 heterocycles. The maximum Gasteiger partial charge on any atom is 0.217 e. The molecule has 0 spiro atoms. The molecule has 6 heteroatoms. The highest BCUT2D eigenvalue weighted by Gasteiger charge is 2.41. The molecule has 1 aliphatic rings. The van der Waals surface area contributed by atoms with Crippen molar-refractivity contribution >= 4 is 38.6 Å². The number of aromatic nitrogens is 1. The van der Waals surface area contributed by atoms with Crippen LogP contribution in [0.1, 0.15) is 29.9 Å². The van der Waals surface area contributed by atoms with Crippen LogP contribution >= 0.6 is 27.7 Å². The molecule has 2 N–H and O–H groups in total. The van der Waals surface area contributed by atoms with Crippen LogP contribution in [0.4, 0.5) is 0 Å². The van der Waals surface area contributed by atoms with Crippen molar-refractivity contribution in [2.75, 3.05) is 26.5 Å². The molecule has 1 unspecified atom stereocenters. The first-order valence-electron chi connectivity index (χ1n) is 9.75. The quantitative estimate of drug-likeness (QED) is 0.513. The predicted octanol–water partition coefficient (Wildman–Crippen LogP) is 4.97. The molecular weight excluding hydrogens is 448 g/mol. The van der Waals surface area contributed by atoms with Crippen LogP contribution in [0.5, 0.6) is 5.88 Å². The van der Waals surface area contributed by atoms with Crippen LogP contribution in [0.25, 0.3) is 10.9 Å². The van der Waals surface area contributed by atoms with Crippen molar-refractivity contribution in [1.82, 2.24) is 10.3 Å². The summed E-state index contributed by atoms with van der Waals surface area (Å²) in [5.41, 5.74) is 2.03. The van der Waals surface area contributed by atoms with E-state index in [0.717, 1.165) is 39.6 Å². The second kappa shape index (κ2) is 8.64. The zero-order valence-corrected chi connectivity index (χ0v) is 19.0. The summed E-state index contributed by atoms with van der Waals surface area (Å²) in [4.78, 5) is 5.97. The number of ether oxygens (including phenoxy) is 1. The van der Waals surface area contributed by atoms with Gasteiger partial charge in [0.05, 0.1) is 18.2 Å². The lowest BCUT2D eigenvalue weighted by atomic mass is 9.72. The van der Waals surface area contributed by atoms with Crippen molar-refractivity contribution in [3.8, 4) is 5.88 Å². The van der Waals surface area contributed by atoms with E-state index in [1.165, 1.54) is 4.90 Å². The molecule has 3 aromatic rings. The molecule has 1 aromatic heterocycles. The molecule has 29 heavy (non-hydrogen) atoms. The van der Waals surface area contributed by atoms with Crippen LogP contribution < -0.4 is 10.1 Å². The molecule has 0 aliphatic carbocycles. The molecule has 0 bridgehead atoms. The van der Waals surface area contributed by atoms with Gasteiger partial charge in [0, 0.05) is 26.2 Å². The number of methoxy groups -OCH3 is 1. The van der Waals surface area contributed by atoms with Crippen LogP contribution in [0.3, 0.4) is 0 Å². The first-order valence-corrected chi connectivity index (χ1v) is 11.8. The van der Waals surface area contributed by atoms with Crippen molar-refractivity contribution in [3.63, 3.8) is 0 Å². The molecule has 1 atom stereocenters. The molecule has 0 radical (unpaired) electrons. The van der Waals surface area contributed by atoms with Gasteiger partial charge in [0.25, 0.3) is 0 Å². The van der Waals surface area contributed by atoms with Crippen molar-refractivity contribution < 1.29 is 9.84 Å². The molecule has 1 fully saturated rings. The Labute approximate surface area is 184 Å². The van der Waals surface area contributed by atoms with Crippen molar-refractivity contribution in [1.29, 1.82) is 0 Å². The second-order valence-electron chi connectivity index (χ2n) is 7.48. The molecule has 0 amide bonds. The fourth-order valence-electron chi connectivity index (χ4n) is 4.24. The third-order valence-corrected chi connectivity index (χ3v) is 6.97. The number of aliphatic hydroxyl groups is 1. The molecule has 152 valence electrons. The van der Waals surface area contributed by atoms with E-state index in [1.807, 2.05) is 12.1 Å². The zero-order chi connectivity index (χ0) is 20.4. The predicted molar refractivity (Wildman–Crippen MR) is 123 cm³/mol. The third-order valence-electron chi connectivity index (χ3n) is 5.73. The van der Waals surface area contributed by atoms with Gasteiger partial charge in [0.15, 0.2) is 0 Å². The summed E-state index contributed by atoms with van der Waals surface area (Å²) in [6.07, 6.45) is 3.43. The van der Waals surface area contributed by atoms with Crippen LogP contribution in [0.2, 0.25) is 0 Å². The van der Waals surface area contributed by atoms with Gasteiger partial charge in [-0.05, 0) is 74.1 Å². The Morgan fingerprint density at radius 1 is 1.14 bits per heavy atom. The van der Waals surface area contributed by atoms with Gasteiger partial charge in [-0.15, -0.1) is 11.8 Å². The highest BCUT2D eigenvalue weighted by atomic mass is 79.9. The van der Waals surface area contributed by atoms with E-state index >= 15 is 0 Å². The fourth-order valence-corrected chi connectivity index (χ4v) is 5.03. The molecule has 4 nitrogen and oxygen atoms in total. The topological polar surface area (TPSA) is 54.4 Å². The van der Waals surface area contributed by atoms with Gasteiger partial charge in [-0.2, -0.15) is 0 Å². The van der Waals surface area contributed by atoms with E-state index < -0.39 is 5.60 Å². The molecule has 0 saturated carbocycles. The number of hydrogen-bond donors (Lipinski definition) is 2. The average Bonchev–Trinajstić information content (AvgIpc) is 2.74. The highest BCUT2D eigenvalue weighted by molar-refractivity contribution is 9.10. The lowest BCUT2D eigenvalue weighted by molar-refractivity contribution is -0.00550. The molecule has 2 aromatic carbocycles. The Bertz CT molecular complexity index is 1000. The average molecular weight is 473 g/mol. The number of rotatable bonds is 5. The summed E-state index contributed by atoms with van der Waals surface area (Å²) >= 11 is 5.27. The number of hydrogen-bond acceptors (Lipinski definition) is 5. The van der Waals surface area contributed by atoms with Gasteiger partial charge in [-0.25, -0.2) is 4.98 Å².